The molecule has 2 aromatic heterocycles. The van der Waals surface area contributed by atoms with E-state index in [2.05, 4.69) is 15.4 Å². The first-order valence-electron chi connectivity index (χ1n) is 6.21. The van der Waals surface area contributed by atoms with Crippen molar-refractivity contribution in [3.8, 4) is 0 Å². The van der Waals surface area contributed by atoms with Crippen molar-refractivity contribution in [1.29, 1.82) is 0 Å². The van der Waals surface area contributed by atoms with E-state index >= 15 is 0 Å². The Morgan fingerprint density at radius 1 is 1.39 bits per heavy atom. The number of nitrogens with two attached hydrogens (primary N) is 1. The average Bonchev–Trinajstić information content (AvgIpc) is 2.96. The van der Waals surface area contributed by atoms with E-state index in [1.165, 1.54) is 12.8 Å². The molecule has 3 rings (SSSR count). The summed E-state index contributed by atoms with van der Waals surface area (Å²) in [5.41, 5.74) is 6.64. The van der Waals surface area contributed by atoms with Gasteiger partial charge in [-0.3, -0.25) is 0 Å². The lowest BCUT2D eigenvalue weighted by atomic mass is 9.98. The van der Waals surface area contributed by atoms with Crippen LogP contribution in [-0.2, 0) is 0 Å². The Bertz CT molecular complexity index is 559. The van der Waals surface area contributed by atoms with Gasteiger partial charge in [-0.05, 0) is 25.0 Å². The zero-order valence-corrected chi connectivity index (χ0v) is 10.8. The molecule has 0 bridgehead atoms. The molecule has 3 N–H and O–H groups in total. The molecule has 0 aliphatic heterocycles. The van der Waals surface area contributed by atoms with E-state index in [0.717, 1.165) is 18.5 Å². The lowest BCUT2D eigenvalue weighted by Gasteiger charge is -2.27. The van der Waals surface area contributed by atoms with E-state index < -0.39 is 0 Å². The Labute approximate surface area is 110 Å². The minimum Gasteiger partial charge on any atom is -0.346 e. The van der Waals surface area contributed by atoms with E-state index in [0.29, 0.717) is 17.5 Å². The number of hydrogen-bond acceptors (Lipinski definition) is 4. The highest BCUT2D eigenvalue weighted by Gasteiger charge is 2.33. The molecule has 2 heterocycles. The van der Waals surface area contributed by atoms with Crippen LogP contribution >= 0.6 is 11.6 Å². The number of nitrogens with one attached hydrogen (secondary N) is 1. The van der Waals surface area contributed by atoms with Gasteiger partial charge in [-0.25, -0.2) is 4.52 Å². The largest absolute Gasteiger partial charge is 0.346 e. The quantitative estimate of drug-likeness (QED) is 0.891. The molecule has 18 heavy (non-hydrogen) atoms. The molecule has 1 saturated carbocycles. The first kappa shape index (κ1) is 11.7. The van der Waals surface area contributed by atoms with Crippen LogP contribution in [0.5, 0.6) is 0 Å². The summed E-state index contributed by atoms with van der Waals surface area (Å²) in [4.78, 5) is 4.44. The number of aromatic nitrogens is 3. The van der Waals surface area contributed by atoms with Gasteiger partial charge in [-0.15, -0.1) is 5.10 Å². The Kier molecular flexibility index (Phi) is 2.87. The topological polar surface area (TPSA) is 68.2 Å². The van der Waals surface area contributed by atoms with Gasteiger partial charge in [0.2, 0.25) is 5.95 Å². The second-order valence-electron chi connectivity index (χ2n) is 4.90. The van der Waals surface area contributed by atoms with Crippen LogP contribution in [0.3, 0.4) is 0 Å². The molecule has 0 spiro atoms. The van der Waals surface area contributed by atoms with Gasteiger partial charge in [-0.1, -0.05) is 24.4 Å². The van der Waals surface area contributed by atoms with Crippen molar-refractivity contribution in [3.63, 3.8) is 0 Å². The lowest BCUT2D eigenvalue weighted by molar-refractivity contribution is 0.489. The number of halogens is 1. The highest BCUT2D eigenvalue weighted by Crippen LogP contribution is 2.31. The van der Waals surface area contributed by atoms with Gasteiger partial charge in [-0.2, -0.15) is 4.98 Å². The van der Waals surface area contributed by atoms with E-state index in [1.807, 2.05) is 12.1 Å². The van der Waals surface area contributed by atoms with Crippen LogP contribution in [0.4, 0.5) is 5.95 Å². The van der Waals surface area contributed by atoms with Crippen LogP contribution in [-0.4, -0.2) is 26.7 Å². The number of rotatable bonds is 3. The van der Waals surface area contributed by atoms with Crippen LogP contribution < -0.4 is 11.1 Å². The van der Waals surface area contributed by atoms with E-state index in [-0.39, 0.29) is 5.54 Å². The average molecular weight is 266 g/mol. The van der Waals surface area contributed by atoms with Gasteiger partial charge in [0.1, 0.15) is 0 Å². The second kappa shape index (κ2) is 4.40. The molecule has 1 aliphatic rings. The van der Waals surface area contributed by atoms with Gasteiger partial charge >= 0.3 is 0 Å². The summed E-state index contributed by atoms with van der Waals surface area (Å²) < 4.78 is 1.68. The SMILES string of the molecule is NCC1(Nc2nc3ccc(Cl)cn3n2)CCCC1. The van der Waals surface area contributed by atoms with E-state index in [1.54, 1.807) is 10.7 Å². The fraction of sp³-hybridized carbons (Fsp3) is 0.500. The Morgan fingerprint density at radius 2 is 2.17 bits per heavy atom. The molecule has 6 heteroatoms. The van der Waals surface area contributed by atoms with Crippen LogP contribution in [0.1, 0.15) is 25.7 Å². The minimum atomic E-state index is -0.0330. The van der Waals surface area contributed by atoms with Crippen LogP contribution in [0.25, 0.3) is 5.65 Å². The molecule has 1 aliphatic carbocycles. The molecule has 5 nitrogen and oxygen atoms in total. The number of hydrogen-bond donors (Lipinski definition) is 2. The third-order valence-corrected chi connectivity index (χ3v) is 3.85. The Balaban J connectivity index is 1.90. The number of fused-ring (bicyclic) bond motifs is 1. The number of nitrogens with zero attached hydrogens (tertiary/aromatic N) is 3. The van der Waals surface area contributed by atoms with Gasteiger partial charge in [0.05, 0.1) is 10.6 Å². The Morgan fingerprint density at radius 3 is 2.89 bits per heavy atom. The maximum Gasteiger partial charge on any atom is 0.243 e. The summed E-state index contributed by atoms with van der Waals surface area (Å²) in [6, 6.07) is 3.66. The van der Waals surface area contributed by atoms with Crippen LogP contribution in [0.2, 0.25) is 5.02 Å². The molecule has 0 aromatic carbocycles. The smallest absolute Gasteiger partial charge is 0.243 e. The molecular weight excluding hydrogens is 250 g/mol. The predicted octanol–water partition coefficient (Wildman–Crippen LogP) is 2.07. The fourth-order valence-electron chi connectivity index (χ4n) is 2.58. The van der Waals surface area contributed by atoms with Gasteiger partial charge in [0, 0.05) is 12.7 Å². The summed E-state index contributed by atoms with van der Waals surface area (Å²) in [5.74, 6) is 0.629. The first-order valence-corrected chi connectivity index (χ1v) is 6.59. The van der Waals surface area contributed by atoms with Crippen LogP contribution in [0.15, 0.2) is 18.3 Å². The monoisotopic (exact) mass is 265 g/mol. The highest BCUT2D eigenvalue weighted by atomic mass is 35.5. The number of pyridine rings is 1. The molecule has 0 unspecified atom stereocenters. The molecule has 96 valence electrons. The van der Waals surface area contributed by atoms with Crippen molar-refractivity contribution in [3.05, 3.63) is 23.4 Å². The van der Waals surface area contributed by atoms with Crippen molar-refractivity contribution in [1.82, 2.24) is 14.6 Å². The highest BCUT2D eigenvalue weighted by molar-refractivity contribution is 6.30. The summed E-state index contributed by atoms with van der Waals surface area (Å²) in [6.07, 6.45) is 6.34. The molecule has 0 atom stereocenters. The molecule has 0 saturated heterocycles. The second-order valence-corrected chi connectivity index (χ2v) is 5.34. The summed E-state index contributed by atoms with van der Waals surface area (Å²) in [5, 5.41) is 8.43. The third kappa shape index (κ3) is 2.04. The molecule has 0 amide bonds. The summed E-state index contributed by atoms with van der Waals surface area (Å²) in [7, 11) is 0. The maximum absolute atomic E-state index is 5.92. The lowest BCUT2D eigenvalue weighted by Crippen LogP contribution is -2.43. The molecular formula is C12H16ClN5. The Hall–Kier alpha value is -1.33. The molecule has 2 aromatic rings. The standard InChI is InChI=1S/C12H16ClN5/c13-9-3-4-10-15-11(17-18(10)7-9)16-12(8-14)5-1-2-6-12/h3-4,7H,1-2,5-6,8,14H2,(H,16,17). The van der Waals surface area contributed by atoms with Gasteiger partial charge < -0.3 is 11.1 Å². The normalized spacial score (nSPS) is 18.3. The predicted molar refractivity (Wildman–Crippen MR) is 71.9 cm³/mol. The van der Waals surface area contributed by atoms with Crippen LogP contribution in [0, 0.1) is 0 Å². The van der Waals surface area contributed by atoms with E-state index in [4.69, 9.17) is 17.3 Å². The first-order chi connectivity index (χ1) is 8.71. The summed E-state index contributed by atoms with van der Waals surface area (Å²) in [6.45, 7) is 0.614. The molecule has 0 radical (unpaired) electrons. The van der Waals surface area contributed by atoms with Crippen molar-refractivity contribution in [2.24, 2.45) is 5.73 Å². The minimum absolute atomic E-state index is 0.0330. The zero-order chi connectivity index (χ0) is 12.6. The van der Waals surface area contributed by atoms with Gasteiger partial charge in [0.15, 0.2) is 5.65 Å². The summed E-state index contributed by atoms with van der Waals surface area (Å²) >= 11 is 5.92. The van der Waals surface area contributed by atoms with E-state index in [9.17, 15) is 0 Å². The molecule has 1 fully saturated rings. The van der Waals surface area contributed by atoms with Crippen molar-refractivity contribution < 1.29 is 0 Å². The fourth-order valence-corrected chi connectivity index (χ4v) is 2.74. The zero-order valence-electron chi connectivity index (χ0n) is 10.1. The van der Waals surface area contributed by atoms with Crippen molar-refractivity contribution >= 4 is 23.2 Å². The van der Waals surface area contributed by atoms with Gasteiger partial charge in [0.25, 0.3) is 0 Å². The maximum atomic E-state index is 5.92. The third-order valence-electron chi connectivity index (χ3n) is 3.62. The van der Waals surface area contributed by atoms with Crippen molar-refractivity contribution in [2.75, 3.05) is 11.9 Å². The van der Waals surface area contributed by atoms with Crippen molar-refractivity contribution in [2.45, 2.75) is 31.2 Å². The number of anilines is 1.